The first-order valence-electron chi connectivity index (χ1n) is 9.48. The zero-order chi connectivity index (χ0) is 16.1. The molecule has 1 aromatic carbocycles. The highest BCUT2D eigenvalue weighted by Gasteiger charge is 2.26. The van der Waals surface area contributed by atoms with Crippen molar-refractivity contribution in [2.45, 2.75) is 70.8 Å². The molecule has 0 spiro atoms. The van der Waals surface area contributed by atoms with E-state index in [1.807, 2.05) is 0 Å². The lowest BCUT2D eigenvalue weighted by Crippen LogP contribution is -2.18. The summed E-state index contributed by atoms with van der Waals surface area (Å²) in [4.78, 5) is 5.00. The van der Waals surface area contributed by atoms with Gasteiger partial charge in [0.25, 0.3) is 0 Å². The van der Waals surface area contributed by atoms with Crippen molar-refractivity contribution in [2.75, 3.05) is 6.54 Å². The van der Waals surface area contributed by atoms with Gasteiger partial charge in [-0.15, -0.1) is 0 Å². The summed E-state index contributed by atoms with van der Waals surface area (Å²) in [5.41, 5.74) is 8.18. The second-order valence-electron chi connectivity index (χ2n) is 7.11. The summed E-state index contributed by atoms with van der Waals surface area (Å²) in [6.45, 7) is 4.04. The summed E-state index contributed by atoms with van der Waals surface area (Å²) < 4.78 is 2.44. The number of hydrogen-bond donors (Lipinski definition) is 1. The van der Waals surface area contributed by atoms with Gasteiger partial charge < -0.3 is 10.3 Å². The lowest BCUT2D eigenvalue weighted by atomic mass is 9.79. The van der Waals surface area contributed by atoms with Crippen molar-refractivity contribution in [1.82, 2.24) is 9.55 Å². The molecule has 126 valence electrons. The number of hydrogen-bond acceptors (Lipinski definition) is 2. The van der Waals surface area contributed by atoms with Crippen LogP contribution in [0.15, 0.2) is 24.3 Å². The van der Waals surface area contributed by atoms with Gasteiger partial charge in [-0.2, -0.15) is 0 Å². The quantitative estimate of drug-likeness (QED) is 0.794. The monoisotopic (exact) mass is 313 g/mol. The van der Waals surface area contributed by atoms with Gasteiger partial charge in [0.1, 0.15) is 5.82 Å². The Morgan fingerprint density at radius 1 is 1.13 bits per heavy atom. The molecule has 0 unspecified atom stereocenters. The molecule has 3 heteroatoms. The number of nitrogens with zero attached hydrogens (tertiary/aromatic N) is 2. The van der Waals surface area contributed by atoms with E-state index >= 15 is 0 Å². The molecule has 0 bridgehead atoms. The third-order valence-corrected chi connectivity index (χ3v) is 5.45. The lowest BCUT2D eigenvalue weighted by molar-refractivity contribution is 0.295. The molecule has 1 saturated carbocycles. The molecule has 0 amide bonds. The number of para-hydroxylation sites is 2. The topological polar surface area (TPSA) is 43.8 Å². The zero-order valence-corrected chi connectivity index (χ0v) is 14.5. The lowest BCUT2D eigenvalue weighted by Gasteiger charge is -2.28. The normalized spacial score (nSPS) is 21.8. The number of fused-ring (bicyclic) bond motifs is 1. The SMILES string of the molecule is CCCCC1CCC(c2nc3ccccc3n2CCCN)CC1. The fourth-order valence-electron chi connectivity index (χ4n) is 4.09. The molecule has 1 aliphatic rings. The number of unbranched alkanes of at least 4 members (excludes halogenated alkanes) is 1. The number of benzene rings is 1. The van der Waals surface area contributed by atoms with Gasteiger partial charge >= 0.3 is 0 Å². The molecule has 2 aromatic rings. The van der Waals surface area contributed by atoms with E-state index in [0.717, 1.165) is 30.9 Å². The van der Waals surface area contributed by atoms with E-state index in [1.54, 1.807) is 0 Å². The van der Waals surface area contributed by atoms with E-state index < -0.39 is 0 Å². The van der Waals surface area contributed by atoms with Crippen molar-refractivity contribution in [3.8, 4) is 0 Å². The molecular weight excluding hydrogens is 282 g/mol. The van der Waals surface area contributed by atoms with Gasteiger partial charge in [0.05, 0.1) is 11.0 Å². The fraction of sp³-hybridized carbons (Fsp3) is 0.650. The second kappa shape index (κ2) is 7.96. The van der Waals surface area contributed by atoms with Gasteiger partial charge in [-0.25, -0.2) is 4.98 Å². The summed E-state index contributed by atoms with van der Waals surface area (Å²) in [5, 5.41) is 0. The summed E-state index contributed by atoms with van der Waals surface area (Å²) >= 11 is 0. The third kappa shape index (κ3) is 3.77. The van der Waals surface area contributed by atoms with Crippen molar-refractivity contribution >= 4 is 11.0 Å². The van der Waals surface area contributed by atoms with Crippen molar-refractivity contribution in [3.63, 3.8) is 0 Å². The van der Waals surface area contributed by atoms with Crippen LogP contribution in [0.1, 0.15) is 70.0 Å². The fourth-order valence-corrected chi connectivity index (χ4v) is 4.09. The average molecular weight is 313 g/mol. The van der Waals surface area contributed by atoms with E-state index in [2.05, 4.69) is 35.8 Å². The summed E-state index contributed by atoms with van der Waals surface area (Å²) in [7, 11) is 0. The molecular formula is C20H31N3. The summed E-state index contributed by atoms with van der Waals surface area (Å²) in [6, 6.07) is 8.56. The van der Waals surface area contributed by atoms with Crippen LogP contribution in [0.5, 0.6) is 0 Å². The minimum atomic E-state index is 0.637. The van der Waals surface area contributed by atoms with E-state index in [9.17, 15) is 0 Å². The first kappa shape index (κ1) is 16.5. The first-order valence-corrected chi connectivity index (χ1v) is 9.48. The van der Waals surface area contributed by atoms with E-state index in [-0.39, 0.29) is 0 Å². The van der Waals surface area contributed by atoms with Crippen molar-refractivity contribution in [2.24, 2.45) is 11.7 Å². The Balaban J connectivity index is 1.77. The highest BCUT2D eigenvalue weighted by atomic mass is 15.1. The van der Waals surface area contributed by atoms with Crippen LogP contribution in [0.4, 0.5) is 0 Å². The van der Waals surface area contributed by atoms with Gasteiger partial charge in [-0.05, 0) is 56.7 Å². The molecule has 23 heavy (non-hydrogen) atoms. The van der Waals surface area contributed by atoms with Crippen LogP contribution in [0.3, 0.4) is 0 Å². The standard InChI is InChI=1S/C20H31N3/c1-2-3-7-16-10-12-17(13-11-16)20-22-18-8-4-5-9-19(18)23(20)15-6-14-21/h4-5,8-9,16-17H,2-3,6-7,10-15,21H2,1H3. The van der Waals surface area contributed by atoms with Crippen LogP contribution in [0.2, 0.25) is 0 Å². The predicted octanol–water partition coefficient (Wildman–Crippen LogP) is 4.85. The Morgan fingerprint density at radius 2 is 1.91 bits per heavy atom. The molecule has 1 fully saturated rings. The maximum atomic E-state index is 5.75. The first-order chi connectivity index (χ1) is 11.3. The van der Waals surface area contributed by atoms with Crippen LogP contribution in [-0.2, 0) is 6.54 Å². The van der Waals surface area contributed by atoms with Gasteiger partial charge in [0.2, 0.25) is 0 Å². The Kier molecular flexibility index (Phi) is 5.71. The smallest absolute Gasteiger partial charge is 0.112 e. The van der Waals surface area contributed by atoms with Crippen molar-refractivity contribution < 1.29 is 0 Å². The average Bonchev–Trinajstić information content (AvgIpc) is 2.97. The van der Waals surface area contributed by atoms with Crippen molar-refractivity contribution in [1.29, 1.82) is 0 Å². The Labute approximate surface area is 140 Å². The highest BCUT2D eigenvalue weighted by molar-refractivity contribution is 5.76. The van der Waals surface area contributed by atoms with E-state index in [0.29, 0.717) is 5.92 Å². The van der Waals surface area contributed by atoms with Crippen LogP contribution in [0, 0.1) is 5.92 Å². The van der Waals surface area contributed by atoms with Gasteiger partial charge in [-0.1, -0.05) is 38.3 Å². The summed E-state index contributed by atoms with van der Waals surface area (Å²) in [5.74, 6) is 2.90. The Morgan fingerprint density at radius 3 is 2.65 bits per heavy atom. The van der Waals surface area contributed by atoms with Gasteiger partial charge in [0.15, 0.2) is 0 Å². The second-order valence-corrected chi connectivity index (χ2v) is 7.11. The van der Waals surface area contributed by atoms with Crippen LogP contribution >= 0.6 is 0 Å². The summed E-state index contributed by atoms with van der Waals surface area (Å²) in [6.07, 6.45) is 10.5. The van der Waals surface area contributed by atoms with Crippen LogP contribution in [0.25, 0.3) is 11.0 Å². The molecule has 3 rings (SSSR count). The van der Waals surface area contributed by atoms with Crippen molar-refractivity contribution in [3.05, 3.63) is 30.1 Å². The molecule has 3 nitrogen and oxygen atoms in total. The number of aromatic nitrogens is 2. The number of imidazole rings is 1. The Hall–Kier alpha value is -1.35. The number of nitrogens with two attached hydrogens (primary N) is 1. The maximum absolute atomic E-state index is 5.75. The number of rotatable bonds is 7. The molecule has 2 N–H and O–H groups in total. The molecule has 0 saturated heterocycles. The minimum absolute atomic E-state index is 0.637. The minimum Gasteiger partial charge on any atom is -0.330 e. The van der Waals surface area contributed by atoms with Crippen LogP contribution < -0.4 is 5.73 Å². The molecule has 1 aliphatic carbocycles. The zero-order valence-electron chi connectivity index (χ0n) is 14.5. The Bertz CT molecular complexity index is 608. The maximum Gasteiger partial charge on any atom is 0.112 e. The molecule has 0 aliphatic heterocycles. The van der Waals surface area contributed by atoms with E-state index in [4.69, 9.17) is 10.7 Å². The molecule has 0 radical (unpaired) electrons. The largest absolute Gasteiger partial charge is 0.330 e. The highest BCUT2D eigenvalue weighted by Crippen LogP contribution is 2.38. The van der Waals surface area contributed by atoms with Gasteiger partial charge in [-0.3, -0.25) is 0 Å². The molecule has 1 heterocycles. The third-order valence-electron chi connectivity index (χ3n) is 5.45. The van der Waals surface area contributed by atoms with Crippen LogP contribution in [-0.4, -0.2) is 16.1 Å². The van der Waals surface area contributed by atoms with Gasteiger partial charge in [0, 0.05) is 12.5 Å². The molecule has 0 atom stereocenters. The predicted molar refractivity (Wildman–Crippen MR) is 97.6 cm³/mol. The number of aryl methyl sites for hydroxylation is 1. The van der Waals surface area contributed by atoms with E-state index in [1.165, 1.54) is 56.3 Å². The molecule has 1 aromatic heterocycles.